The molecule has 0 aliphatic carbocycles. The predicted octanol–water partition coefficient (Wildman–Crippen LogP) is 3.15. The molecule has 1 aliphatic heterocycles. The standard InChI is InChI=1S/C18H28N2O3/c1-4-22-15-8-9-17(23-5-2)16(11-15)19-18(21)13-20-10-6-7-14(3)12-20/h8-9,11,14H,4-7,10,12-13H2,1-3H3,(H,19,21)/t14-/m1/s1. The molecule has 1 saturated heterocycles. The number of carbonyl (C=O) groups is 1. The summed E-state index contributed by atoms with van der Waals surface area (Å²) >= 11 is 0. The average molecular weight is 320 g/mol. The summed E-state index contributed by atoms with van der Waals surface area (Å²) in [5, 5.41) is 2.97. The van der Waals surface area contributed by atoms with Crippen molar-refractivity contribution in [3.63, 3.8) is 0 Å². The summed E-state index contributed by atoms with van der Waals surface area (Å²) in [6, 6.07) is 5.52. The van der Waals surface area contributed by atoms with Crippen molar-refractivity contribution in [3.05, 3.63) is 18.2 Å². The highest BCUT2D eigenvalue weighted by Gasteiger charge is 2.19. The van der Waals surface area contributed by atoms with Gasteiger partial charge in [0, 0.05) is 12.6 Å². The van der Waals surface area contributed by atoms with Gasteiger partial charge >= 0.3 is 0 Å². The molecule has 1 heterocycles. The molecule has 0 bridgehead atoms. The number of anilines is 1. The number of amides is 1. The number of ether oxygens (including phenoxy) is 2. The van der Waals surface area contributed by atoms with E-state index in [9.17, 15) is 4.79 Å². The van der Waals surface area contributed by atoms with Crippen LogP contribution >= 0.6 is 0 Å². The first kappa shape index (κ1) is 17.6. The molecule has 1 atom stereocenters. The van der Waals surface area contributed by atoms with E-state index < -0.39 is 0 Å². The summed E-state index contributed by atoms with van der Waals surface area (Å²) in [5.41, 5.74) is 0.674. The fourth-order valence-corrected chi connectivity index (χ4v) is 2.97. The SMILES string of the molecule is CCOc1ccc(OCC)c(NC(=O)CN2CCC[C@@H](C)C2)c1. The number of likely N-dealkylation sites (tertiary alicyclic amines) is 1. The maximum Gasteiger partial charge on any atom is 0.238 e. The van der Waals surface area contributed by atoms with Crippen LogP contribution in [0.15, 0.2) is 18.2 Å². The van der Waals surface area contributed by atoms with Crippen LogP contribution in [-0.4, -0.2) is 43.7 Å². The Kier molecular flexibility index (Phi) is 6.71. The van der Waals surface area contributed by atoms with Gasteiger partial charge in [0.05, 0.1) is 25.4 Å². The Morgan fingerprint density at radius 3 is 2.78 bits per heavy atom. The topological polar surface area (TPSA) is 50.8 Å². The number of nitrogens with one attached hydrogen (secondary N) is 1. The fourth-order valence-electron chi connectivity index (χ4n) is 2.97. The zero-order valence-electron chi connectivity index (χ0n) is 14.4. The van der Waals surface area contributed by atoms with E-state index in [0.29, 0.717) is 37.1 Å². The molecule has 5 nitrogen and oxygen atoms in total. The summed E-state index contributed by atoms with van der Waals surface area (Å²) in [4.78, 5) is 14.6. The molecule has 0 radical (unpaired) electrons. The Hall–Kier alpha value is -1.75. The van der Waals surface area contributed by atoms with Crippen molar-refractivity contribution < 1.29 is 14.3 Å². The number of rotatable bonds is 7. The summed E-state index contributed by atoms with van der Waals surface area (Å²) in [5.74, 6) is 2.07. The number of nitrogens with zero attached hydrogens (tertiary/aromatic N) is 1. The molecular formula is C18H28N2O3. The number of piperidine rings is 1. The molecule has 128 valence electrons. The minimum atomic E-state index is -0.00583. The summed E-state index contributed by atoms with van der Waals surface area (Å²) in [6.07, 6.45) is 2.42. The third kappa shape index (κ3) is 5.43. The van der Waals surface area contributed by atoms with E-state index in [1.807, 2.05) is 32.0 Å². The zero-order valence-corrected chi connectivity index (χ0v) is 14.4. The molecule has 23 heavy (non-hydrogen) atoms. The van der Waals surface area contributed by atoms with Gasteiger partial charge in [-0.15, -0.1) is 0 Å². The van der Waals surface area contributed by atoms with Crippen molar-refractivity contribution in [3.8, 4) is 11.5 Å². The van der Waals surface area contributed by atoms with E-state index in [-0.39, 0.29) is 5.91 Å². The zero-order chi connectivity index (χ0) is 16.7. The smallest absolute Gasteiger partial charge is 0.238 e. The van der Waals surface area contributed by atoms with Gasteiger partial charge in [-0.3, -0.25) is 9.69 Å². The molecule has 1 aliphatic rings. The monoisotopic (exact) mass is 320 g/mol. The lowest BCUT2D eigenvalue weighted by molar-refractivity contribution is -0.117. The maximum atomic E-state index is 12.4. The van der Waals surface area contributed by atoms with E-state index in [1.54, 1.807) is 0 Å². The molecule has 0 spiro atoms. The second-order valence-electron chi connectivity index (χ2n) is 6.05. The third-order valence-corrected chi connectivity index (χ3v) is 3.94. The molecular weight excluding hydrogens is 292 g/mol. The highest BCUT2D eigenvalue weighted by Crippen LogP contribution is 2.29. The van der Waals surface area contributed by atoms with Crippen LogP contribution in [-0.2, 0) is 4.79 Å². The Labute approximate surface area is 139 Å². The average Bonchev–Trinajstić information content (AvgIpc) is 2.50. The normalized spacial score (nSPS) is 18.5. The highest BCUT2D eigenvalue weighted by atomic mass is 16.5. The van der Waals surface area contributed by atoms with E-state index in [0.717, 1.165) is 18.8 Å². The van der Waals surface area contributed by atoms with Crippen LogP contribution < -0.4 is 14.8 Å². The second kappa shape index (κ2) is 8.77. The summed E-state index contributed by atoms with van der Waals surface area (Å²) in [7, 11) is 0. The van der Waals surface area contributed by atoms with Crippen LogP contribution in [0.5, 0.6) is 11.5 Å². The van der Waals surface area contributed by atoms with Crippen molar-refractivity contribution in [1.82, 2.24) is 4.90 Å². The van der Waals surface area contributed by atoms with E-state index in [1.165, 1.54) is 12.8 Å². The first-order chi connectivity index (χ1) is 11.1. The molecule has 1 N–H and O–H groups in total. The van der Waals surface area contributed by atoms with Gasteiger partial charge < -0.3 is 14.8 Å². The second-order valence-corrected chi connectivity index (χ2v) is 6.05. The Morgan fingerprint density at radius 1 is 1.30 bits per heavy atom. The van der Waals surface area contributed by atoms with E-state index >= 15 is 0 Å². The summed E-state index contributed by atoms with van der Waals surface area (Å²) < 4.78 is 11.1. The molecule has 5 heteroatoms. The van der Waals surface area contributed by atoms with Crippen LogP contribution in [0.2, 0.25) is 0 Å². The number of hydrogen-bond acceptors (Lipinski definition) is 4. The molecule has 2 rings (SSSR count). The van der Waals surface area contributed by atoms with Gasteiger partial charge in [0.2, 0.25) is 5.91 Å². The first-order valence-electron chi connectivity index (χ1n) is 8.54. The molecule has 1 fully saturated rings. The predicted molar refractivity (Wildman–Crippen MR) is 92.2 cm³/mol. The summed E-state index contributed by atoms with van der Waals surface area (Å²) in [6.45, 7) is 9.66. The Morgan fingerprint density at radius 2 is 2.09 bits per heavy atom. The molecule has 0 aromatic heterocycles. The molecule has 0 saturated carbocycles. The maximum absolute atomic E-state index is 12.4. The van der Waals surface area contributed by atoms with Crippen LogP contribution in [0.3, 0.4) is 0 Å². The molecule has 0 unspecified atom stereocenters. The largest absolute Gasteiger partial charge is 0.494 e. The van der Waals surface area contributed by atoms with Gasteiger partial charge in [0.1, 0.15) is 11.5 Å². The van der Waals surface area contributed by atoms with E-state index in [4.69, 9.17) is 9.47 Å². The third-order valence-electron chi connectivity index (χ3n) is 3.94. The van der Waals surface area contributed by atoms with Gasteiger partial charge in [0.25, 0.3) is 0 Å². The first-order valence-corrected chi connectivity index (χ1v) is 8.54. The number of hydrogen-bond donors (Lipinski definition) is 1. The van der Waals surface area contributed by atoms with Crippen molar-refractivity contribution >= 4 is 11.6 Å². The quantitative estimate of drug-likeness (QED) is 0.838. The lowest BCUT2D eigenvalue weighted by Crippen LogP contribution is -2.39. The van der Waals surface area contributed by atoms with Crippen LogP contribution in [0.4, 0.5) is 5.69 Å². The lowest BCUT2D eigenvalue weighted by atomic mass is 10.0. The van der Waals surface area contributed by atoms with Gasteiger partial charge in [-0.25, -0.2) is 0 Å². The van der Waals surface area contributed by atoms with Crippen LogP contribution in [0.25, 0.3) is 0 Å². The minimum Gasteiger partial charge on any atom is -0.494 e. The Bertz CT molecular complexity index is 519. The van der Waals surface area contributed by atoms with E-state index in [2.05, 4.69) is 17.1 Å². The van der Waals surface area contributed by atoms with Crippen LogP contribution in [0.1, 0.15) is 33.6 Å². The molecule has 1 aromatic carbocycles. The molecule has 1 aromatic rings. The molecule has 1 amide bonds. The highest BCUT2D eigenvalue weighted by molar-refractivity contribution is 5.94. The van der Waals surface area contributed by atoms with Gasteiger partial charge in [-0.1, -0.05) is 6.92 Å². The van der Waals surface area contributed by atoms with Crippen molar-refractivity contribution in [2.45, 2.75) is 33.6 Å². The minimum absolute atomic E-state index is 0.00583. The van der Waals surface area contributed by atoms with Gasteiger partial charge in [-0.2, -0.15) is 0 Å². The van der Waals surface area contributed by atoms with Crippen molar-refractivity contribution in [1.29, 1.82) is 0 Å². The number of benzene rings is 1. The Balaban J connectivity index is 2.01. The van der Waals surface area contributed by atoms with Crippen LogP contribution in [0, 0.1) is 5.92 Å². The van der Waals surface area contributed by atoms with Gasteiger partial charge in [0.15, 0.2) is 0 Å². The lowest BCUT2D eigenvalue weighted by Gasteiger charge is -2.30. The van der Waals surface area contributed by atoms with Crippen molar-refractivity contribution in [2.75, 3.05) is 38.2 Å². The fraction of sp³-hybridized carbons (Fsp3) is 0.611. The van der Waals surface area contributed by atoms with Crippen molar-refractivity contribution in [2.24, 2.45) is 5.92 Å². The van der Waals surface area contributed by atoms with Gasteiger partial charge in [-0.05, 0) is 51.3 Å². The number of carbonyl (C=O) groups excluding carboxylic acids is 1.